The lowest BCUT2D eigenvalue weighted by Gasteiger charge is -2.36. The Morgan fingerprint density at radius 2 is 1.63 bits per heavy atom. The Bertz CT molecular complexity index is 1680. The molecule has 0 spiro atoms. The standard InChI is InChI=1S/C36H41Cl2N5O3/c1-6-8-18-43(19-9-7-2)24-15-16-28(31(44)21-24)36(42-34(46)35(3,4)5)27-13-11-10-12-25(27)32(41-36)26(22-39)33(45)40-23-14-17-29(37)30(38)20-23/h10-17,20-21,41,44H,6-9,18-19H2,1-5H3,(H,40,45)(H,42,46). The van der Waals surface area contributed by atoms with Crippen molar-refractivity contribution in [2.24, 2.45) is 5.41 Å². The van der Waals surface area contributed by atoms with Crippen LogP contribution in [0.1, 0.15) is 77.0 Å². The minimum Gasteiger partial charge on any atom is -0.507 e. The van der Waals surface area contributed by atoms with E-state index in [4.69, 9.17) is 23.2 Å². The second-order valence-corrected chi connectivity index (χ2v) is 13.3. The zero-order valence-electron chi connectivity index (χ0n) is 26.9. The number of anilines is 2. The normalized spacial score (nSPS) is 16.6. The Morgan fingerprint density at radius 1 is 0.957 bits per heavy atom. The molecule has 4 rings (SSSR count). The van der Waals surface area contributed by atoms with Gasteiger partial charge in [-0.25, -0.2) is 0 Å². The SMILES string of the molecule is CCCCN(CCCC)c1ccc(C2(NC(=O)C(C)(C)C)NC(=C(C#N)C(=O)Nc3ccc(Cl)c(Cl)c3)c3ccccc32)c(O)c1. The van der Waals surface area contributed by atoms with Crippen molar-refractivity contribution in [3.05, 3.63) is 93.0 Å². The van der Waals surface area contributed by atoms with E-state index in [-0.39, 0.29) is 27.9 Å². The van der Waals surface area contributed by atoms with E-state index in [2.05, 4.69) is 34.7 Å². The van der Waals surface area contributed by atoms with Gasteiger partial charge in [0.2, 0.25) is 5.91 Å². The van der Waals surface area contributed by atoms with Gasteiger partial charge in [-0.05, 0) is 43.2 Å². The molecule has 0 saturated heterocycles. The number of carbonyl (C=O) groups excluding carboxylic acids is 2. The highest BCUT2D eigenvalue weighted by Crippen LogP contribution is 2.45. The number of hydrogen-bond acceptors (Lipinski definition) is 6. The summed E-state index contributed by atoms with van der Waals surface area (Å²) in [5, 5.41) is 31.8. The number of halogens is 2. The van der Waals surface area contributed by atoms with Crippen molar-refractivity contribution in [1.82, 2.24) is 10.6 Å². The summed E-state index contributed by atoms with van der Waals surface area (Å²) < 4.78 is 0. The Labute approximate surface area is 281 Å². The van der Waals surface area contributed by atoms with E-state index in [1.165, 1.54) is 6.07 Å². The summed E-state index contributed by atoms with van der Waals surface area (Å²) in [4.78, 5) is 29.5. The van der Waals surface area contributed by atoms with Crippen LogP contribution in [0.25, 0.3) is 5.70 Å². The number of rotatable bonds is 11. The molecular formula is C36H41Cl2N5O3. The molecule has 4 N–H and O–H groups in total. The number of hydrogen-bond donors (Lipinski definition) is 4. The molecule has 1 atom stereocenters. The topological polar surface area (TPSA) is 117 Å². The van der Waals surface area contributed by atoms with Crippen molar-refractivity contribution in [1.29, 1.82) is 5.26 Å². The van der Waals surface area contributed by atoms with Gasteiger partial charge in [-0.2, -0.15) is 5.26 Å². The van der Waals surface area contributed by atoms with Crippen LogP contribution in [0.3, 0.4) is 0 Å². The zero-order valence-corrected chi connectivity index (χ0v) is 28.4. The largest absolute Gasteiger partial charge is 0.507 e. The monoisotopic (exact) mass is 661 g/mol. The minimum absolute atomic E-state index is 0.0352. The second kappa shape index (κ2) is 14.5. The van der Waals surface area contributed by atoms with E-state index in [1.54, 1.807) is 57.2 Å². The lowest BCUT2D eigenvalue weighted by molar-refractivity contribution is -0.130. The second-order valence-electron chi connectivity index (χ2n) is 12.5. The Balaban J connectivity index is 1.87. The average molecular weight is 663 g/mol. The van der Waals surface area contributed by atoms with E-state index in [0.717, 1.165) is 44.5 Å². The van der Waals surface area contributed by atoms with Gasteiger partial charge in [-0.15, -0.1) is 0 Å². The maximum atomic E-state index is 13.7. The average Bonchev–Trinajstić information content (AvgIpc) is 3.33. The van der Waals surface area contributed by atoms with Crippen LogP contribution < -0.4 is 20.9 Å². The van der Waals surface area contributed by atoms with Crippen LogP contribution in [0.5, 0.6) is 5.75 Å². The zero-order chi connectivity index (χ0) is 33.6. The van der Waals surface area contributed by atoms with Crippen molar-refractivity contribution in [2.75, 3.05) is 23.3 Å². The molecule has 0 bridgehead atoms. The first-order chi connectivity index (χ1) is 21.9. The Kier molecular flexibility index (Phi) is 10.9. The van der Waals surface area contributed by atoms with Crippen LogP contribution in [-0.4, -0.2) is 30.0 Å². The quantitative estimate of drug-likeness (QED) is 0.122. The molecule has 46 heavy (non-hydrogen) atoms. The smallest absolute Gasteiger partial charge is 0.268 e. The summed E-state index contributed by atoms with van der Waals surface area (Å²) in [5.74, 6) is -1.02. The molecule has 0 aliphatic carbocycles. The van der Waals surface area contributed by atoms with E-state index in [1.807, 2.05) is 24.3 Å². The van der Waals surface area contributed by atoms with E-state index < -0.39 is 17.0 Å². The summed E-state index contributed by atoms with van der Waals surface area (Å²) in [6, 6.07) is 19.3. The molecule has 242 valence electrons. The van der Waals surface area contributed by atoms with Gasteiger partial charge in [-0.3, -0.25) is 9.59 Å². The van der Waals surface area contributed by atoms with E-state index in [0.29, 0.717) is 27.4 Å². The third-order valence-corrected chi connectivity index (χ3v) is 8.71. The maximum absolute atomic E-state index is 13.7. The number of unbranched alkanes of at least 4 members (excludes halogenated alkanes) is 2. The van der Waals surface area contributed by atoms with E-state index >= 15 is 0 Å². The molecule has 1 aliphatic rings. The van der Waals surface area contributed by atoms with Crippen LogP contribution in [0.15, 0.2) is 66.2 Å². The minimum atomic E-state index is -1.50. The highest BCUT2D eigenvalue weighted by atomic mass is 35.5. The summed E-state index contributed by atoms with van der Waals surface area (Å²) in [6.07, 6.45) is 4.12. The number of phenols is 1. The molecule has 8 nitrogen and oxygen atoms in total. The van der Waals surface area contributed by atoms with Crippen molar-refractivity contribution < 1.29 is 14.7 Å². The summed E-state index contributed by atoms with van der Waals surface area (Å²) >= 11 is 12.2. The van der Waals surface area contributed by atoms with Crippen molar-refractivity contribution in [3.63, 3.8) is 0 Å². The van der Waals surface area contributed by atoms with Gasteiger partial charge in [0.15, 0.2) is 5.66 Å². The molecule has 0 fully saturated rings. The molecule has 1 heterocycles. The summed E-state index contributed by atoms with van der Waals surface area (Å²) in [5.41, 5.74) is 0.422. The van der Waals surface area contributed by atoms with Crippen LogP contribution in [0.2, 0.25) is 10.0 Å². The maximum Gasteiger partial charge on any atom is 0.268 e. The predicted molar refractivity (Wildman–Crippen MR) is 186 cm³/mol. The van der Waals surface area contributed by atoms with E-state index in [9.17, 15) is 20.0 Å². The first-order valence-corrected chi connectivity index (χ1v) is 16.3. The van der Waals surface area contributed by atoms with Crippen LogP contribution in [0.4, 0.5) is 11.4 Å². The van der Waals surface area contributed by atoms with Gasteiger partial charge in [0, 0.05) is 52.6 Å². The summed E-state index contributed by atoms with van der Waals surface area (Å²) in [6.45, 7) is 11.4. The van der Waals surface area contributed by atoms with Gasteiger partial charge in [0.25, 0.3) is 5.91 Å². The van der Waals surface area contributed by atoms with Crippen molar-refractivity contribution >= 4 is 52.1 Å². The number of phenolic OH excluding ortho intramolecular Hbond substituents is 1. The third kappa shape index (κ3) is 7.27. The van der Waals surface area contributed by atoms with Crippen molar-refractivity contribution in [3.8, 4) is 11.8 Å². The molecule has 2 amide bonds. The molecule has 0 radical (unpaired) electrons. The lowest BCUT2D eigenvalue weighted by Crippen LogP contribution is -2.56. The van der Waals surface area contributed by atoms with Gasteiger partial charge in [0.1, 0.15) is 17.4 Å². The number of benzene rings is 3. The Morgan fingerprint density at radius 3 is 2.22 bits per heavy atom. The first-order valence-electron chi connectivity index (χ1n) is 15.6. The van der Waals surface area contributed by atoms with Gasteiger partial charge in [0.05, 0.1) is 15.7 Å². The fourth-order valence-electron chi connectivity index (χ4n) is 5.37. The number of nitrogens with zero attached hydrogens (tertiary/aromatic N) is 2. The van der Waals surface area contributed by atoms with Crippen molar-refractivity contribution in [2.45, 2.75) is 66.0 Å². The Hall–Kier alpha value is -4.19. The number of nitriles is 1. The number of nitrogens with one attached hydrogen (secondary N) is 3. The lowest BCUT2D eigenvalue weighted by atomic mass is 9.87. The number of amides is 2. The van der Waals surface area contributed by atoms with Gasteiger partial charge in [-0.1, -0.05) is 94.9 Å². The molecule has 1 unspecified atom stereocenters. The fraction of sp³-hybridized carbons (Fsp3) is 0.361. The predicted octanol–water partition coefficient (Wildman–Crippen LogP) is 7.95. The summed E-state index contributed by atoms with van der Waals surface area (Å²) in [7, 11) is 0. The first kappa shape index (κ1) is 34.7. The third-order valence-electron chi connectivity index (χ3n) is 7.98. The molecule has 0 saturated carbocycles. The highest BCUT2D eigenvalue weighted by molar-refractivity contribution is 6.42. The fourth-order valence-corrected chi connectivity index (χ4v) is 5.67. The molecule has 10 heteroatoms. The number of carbonyl (C=O) groups is 2. The molecule has 0 aromatic heterocycles. The molecule has 3 aromatic carbocycles. The van der Waals surface area contributed by atoms with Gasteiger partial charge >= 0.3 is 0 Å². The van der Waals surface area contributed by atoms with Crippen LogP contribution >= 0.6 is 23.2 Å². The van der Waals surface area contributed by atoms with Crippen LogP contribution in [0, 0.1) is 16.7 Å². The molecule has 1 aliphatic heterocycles. The number of fused-ring (bicyclic) bond motifs is 1. The number of aromatic hydroxyl groups is 1. The van der Waals surface area contributed by atoms with Gasteiger partial charge < -0.3 is 26.0 Å². The van der Waals surface area contributed by atoms with Crippen LogP contribution in [-0.2, 0) is 15.3 Å². The molecular weight excluding hydrogens is 621 g/mol. The molecule has 3 aromatic rings. The highest BCUT2D eigenvalue weighted by Gasteiger charge is 2.48.